The molecular weight excluding hydrogens is 1820 g/mol. The maximum absolute atomic E-state index is 13.7. The third-order valence-electron chi connectivity index (χ3n) is 31.0. The minimum atomic E-state index is -0.694. The average Bonchev–Trinajstić information content (AvgIpc) is 1.58. The number of H-pyrrole nitrogens is 3. The molecule has 12 atom stereocenters. The van der Waals surface area contributed by atoms with Gasteiger partial charge in [-0.2, -0.15) is 81.0 Å². The fourth-order valence-electron chi connectivity index (χ4n) is 23.0. The first-order valence-electron chi connectivity index (χ1n) is 49.2. The van der Waals surface area contributed by atoms with Crippen LogP contribution in [0.3, 0.4) is 0 Å². The second-order valence-electron chi connectivity index (χ2n) is 41.8. The molecule has 6 aromatic rings. The molecule has 23 nitrogen and oxygen atoms in total. The van der Waals surface area contributed by atoms with Gasteiger partial charge in [0.25, 0.3) is 0 Å². The van der Waals surface area contributed by atoms with Crippen LogP contribution < -0.4 is 21.7 Å². The van der Waals surface area contributed by atoms with Crippen molar-refractivity contribution in [3.63, 3.8) is 0 Å². The van der Waals surface area contributed by atoms with Crippen LogP contribution in [0.25, 0.3) is 33.8 Å². The number of aromatic nitrogens is 6. The molecule has 9 aliphatic carbocycles. The number of Topliss-reactive ketones (excluding diaryl/α,β-unsaturated/α-hetero) is 3. The molecule has 12 aliphatic rings. The van der Waals surface area contributed by atoms with Crippen LogP contribution in [0.2, 0.25) is 0 Å². The number of fused-ring (bicyclic) bond motifs is 15. The largest absolute Gasteiger partial charge is 0.481 e. The number of aliphatic carboxylic acids is 1. The summed E-state index contributed by atoms with van der Waals surface area (Å²) >= 11 is 0. The first kappa shape index (κ1) is 118. The molecule has 136 heavy (non-hydrogen) atoms. The van der Waals surface area contributed by atoms with Gasteiger partial charge in [0.2, 0.25) is 11.8 Å². The third-order valence-corrected chi connectivity index (χ3v) is 31.0. The highest BCUT2D eigenvalue weighted by molar-refractivity contribution is 7.60. The van der Waals surface area contributed by atoms with Gasteiger partial charge < -0.3 is 61.0 Å². The summed E-state index contributed by atoms with van der Waals surface area (Å²) in [6, 6.07) is 20.4. The molecule has 18 rings (SSSR count). The van der Waals surface area contributed by atoms with Crippen molar-refractivity contribution in [2.75, 3.05) is 39.3 Å². The van der Waals surface area contributed by atoms with Crippen molar-refractivity contribution in [2.45, 2.75) is 373 Å². The molecule has 6 saturated carbocycles. The van der Waals surface area contributed by atoms with Crippen LogP contribution in [0.15, 0.2) is 73.2 Å². The van der Waals surface area contributed by atoms with Crippen LogP contribution in [0, 0.1) is 34.0 Å². The Morgan fingerprint density at radius 3 is 1.07 bits per heavy atom. The van der Waals surface area contributed by atoms with Gasteiger partial charge in [0.15, 0.2) is 0 Å². The van der Waals surface area contributed by atoms with E-state index in [4.69, 9.17) is 30.3 Å². The van der Waals surface area contributed by atoms with E-state index >= 15 is 0 Å². The third kappa shape index (κ3) is 29.3. The van der Waals surface area contributed by atoms with Crippen LogP contribution in [0.4, 0.5) is 9.59 Å². The standard InChI is InChI=1S/C36H50N4O4.C31H42N4O2.C23H31N3O.C13H21NO4.2CH4.B2.6H2S/c1-5-26(41)9-7-6-8-10-30(32-37-22-31(38-32)25-13-14-27-23-11-12-24(19-23)28(27)20-25)39-33(42)29-21-36(29)15-17-40(18-16-36)34(43)44-35(2,3)4;1-2-23(36)6-4-3-5-7-27(35-30(37)26-18-31(26)12-14-32-15-13-31)29-33-19-28(34-29)22-10-11-24-20-8-9-21(16-20)25(24)17-22;1-2-18(27)6-4-3-5-7-21(24)23-25-14-22(26-23)17-10-11-19-15-8-9-16(12-15)20(19)13-17;1-12(2,3)18-11(17)14-6-4-13(5-7-14)8-9(13)10(15)16;;;1-2;;;;;;/h13-14,20,22-24,29-30H,5-12,15-19,21H2,1-4H3,(H,37,38)(H,39,42);10-11,17,19-21,26-27,32H,2-9,12-16,18H2,1H3,(H,33,34)(H,35,37);10-11,13-16,21H,2-9,12,24H2,1H3,(H,25,26);9H,4-8H2,1-3H3,(H,15,16);2*1H4;;6*1H2/t23?,24?,29-,30+;20?,21?,26-,27+;15?,16?,21-;9-;;;;;;;;;/m1101........./s1. The summed E-state index contributed by atoms with van der Waals surface area (Å²) in [5, 5.41) is 19.2. The molecule has 4 amide bonds. The molecule has 3 aliphatic heterocycles. The van der Waals surface area contributed by atoms with E-state index in [9.17, 15) is 38.4 Å². The number of amides is 4. The van der Waals surface area contributed by atoms with Crippen LogP contribution >= 0.6 is 81.0 Å². The summed E-state index contributed by atoms with van der Waals surface area (Å²) in [7, 11) is 8.00. The van der Waals surface area contributed by atoms with Gasteiger partial charge in [0.05, 0.1) is 59.7 Å². The normalized spacial score (nSPS) is 22.4. The van der Waals surface area contributed by atoms with Gasteiger partial charge in [0.1, 0.15) is 46.0 Å². The topological polar surface area (TPSA) is 330 Å². The lowest BCUT2D eigenvalue weighted by Crippen LogP contribution is -2.43. The SMILES string of the molecule is C.C.CC(C)(C)OC(=O)N1CCC2(CC1)C[C@@H]2C(=O)O.CCC(=O)CCCCC[C@H](N)c1ncc(-c2ccc3c(c2)C2CCC3C2)[nH]1.CCC(=O)CCCCC[C@H](NC(=O)[C@H]1CC12CCN(C(=O)OC(C)(C)C)CC2)c1ncc(-c2ccc3c(c2)C2CCC3C2)[nH]1.CCC(=O)CCCCC[C@H](NC(=O)[C@H]1CC12CCNCC2)c1ncc(-c2ccc3c(c2)C2CCC3C2)[nH]1.S.S.S.S.S.S.[B][B]. The molecule has 6 unspecified atom stereocenters. The van der Waals surface area contributed by atoms with Gasteiger partial charge in [-0.05, 0) is 329 Å². The zero-order valence-electron chi connectivity index (χ0n) is 81.1. The van der Waals surface area contributed by atoms with E-state index in [-0.39, 0.29) is 172 Å². The second kappa shape index (κ2) is 52.4. The molecule has 6 heterocycles. The number of imidazole rings is 3. The number of ketones is 3. The van der Waals surface area contributed by atoms with Crippen LogP contribution in [-0.4, -0.2) is 158 Å². The van der Waals surface area contributed by atoms with Crippen molar-refractivity contribution >= 4 is 144 Å². The highest BCUT2D eigenvalue weighted by Gasteiger charge is 2.61. The minimum absolute atomic E-state index is 0. The Morgan fingerprint density at radius 1 is 0.441 bits per heavy atom. The Bertz CT molecular complexity index is 4900. The van der Waals surface area contributed by atoms with E-state index < -0.39 is 17.2 Å². The Labute approximate surface area is 856 Å². The quantitative estimate of drug-likeness (QED) is 0.0144. The van der Waals surface area contributed by atoms with Crippen molar-refractivity contribution in [1.82, 2.24) is 55.7 Å². The number of hydrogen-bond donors (Lipinski definition) is 8. The number of piperidine rings is 3. The summed E-state index contributed by atoms with van der Waals surface area (Å²) in [6.45, 7) is 21.5. The molecule has 9 fully saturated rings. The fraction of sp³-hybridized carbons (Fsp3) is 0.667. The monoisotopic (exact) mass is 1980 g/mol. The number of carbonyl (C=O) groups excluding carboxylic acids is 7. The Kier molecular flexibility index (Phi) is 45.5. The molecular formula is C105H164B2N12O11S6. The van der Waals surface area contributed by atoms with Gasteiger partial charge >= 0.3 is 18.2 Å². The summed E-state index contributed by atoms with van der Waals surface area (Å²) in [4.78, 5) is 125. The number of unbranched alkanes of at least 4 members (excludes halogenated alkanes) is 6. The molecule has 6 bridgehead atoms. The van der Waals surface area contributed by atoms with Crippen molar-refractivity contribution in [3.05, 3.63) is 124 Å². The summed E-state index contributed by atoms with van der Waals surface area (Å²) in [5.74, 6) is 7.55. The highest BCUT2D eigenvalue weighted by atomic mass is 32.1. The highest BCUT2D eigenvalue weighted by Crippen LogP contribution is 2.63. The van der Waals surface area contributed by atoms with Crippen molar-refractivity contribution in [3.8, 4) is 33.8 Å². The maximum atomic E-state index is 13.7. The number of rotatable bonds is 32. The Morgan fingerprint density at radius 2 is 0.743 bits per heavy atom. The van der Waals surface area contributed by atoms with Crippen molar-refractivity contribution in [1.29, 1.82) is 0 Å². The van der Waals surface area contributed by atoms with E-state index in [1.807, 2.05) is 80.9 Å². The summed E-state index contributed by atoms with van der Waals surface area (Å²) in [5.41, 5.74) is 21.5. The van der Waals surface area contributed by atoms with Gasteiger partial charge in [-0.15, -0.1) is 0 Å². The molecule has 9 N–H and O–H groups in total. The smallest absolute Gasteiger partial charge is 0.410 e. The number of carbonyl (C=O) groups is 8. The number of nitrogens with zero attached hydrogens (tertiary/aromatic N) is 5. The molecule has 752 valence electrons. The van der Waals surface area contributed by atoms with E-state index in [0.717, 1.165) is 218 Å². The minimum Gasteiger partial charge on any atom is -0.481 e. The first-order valence-corrected chi connectivity index (χ1v) is 49.2. The Balaban J connectivity index is 0.000000282. The maximum Gasteiger partial charge on any atom is 0.410 e. The van der Waals surface area contributed by atoms with Gasteiger partial charge in [-0.25, -0.2) is 24.5 Å². The lowest BCUT2D eigenvalue weighted by Gasteiger charge is -2.34. The number of carboxylic acids is 1. The number of nitrogens with two attached hydrogens (primary N) is 1. The molecule has 3 spiro atoms. The van der Waals surface area contributed by atoms with Gasteiger partial charge in [-0.1, -0.05) is 111 Å². The van der Waals surface area contributed by atoms with Crippen LogP contribution in [-0.2, 0) is 38.2 Å². The van der Waals surface area contributed by atoms with Crippen LogP contribution in [0.5, 0.6) is 0 Å². The average molecular weight is 1980 g/mol. The van der Waals surface area contributed by atoms with Gasteiger partial charge in [-0.3, -0.25) is 28.8 Å². The van der Waals surface area contributed by atoms with Crippen molar-refractivity contribution < 1.29 is 52.9 Å². The molecule has 31 heteroatoms. The predicted octanol–water partition coefficient (Wildman–Crippen LogP) is 22.1. The summed E-state index contributed by atoms with van der Waals surface area (Å²) < 4.78 is 10.9. The summed E-state index contributed by atoms with van der Waals surface area (Å²) in [6.07, 6.45) is 40.4. The molecule has 3 saturated heterocycles. The number of benzene rings is 3. The number of aromatic amines is 3. The number of likely N-dealkylation sites (tertiary alicyclic amines) is 2. The van der Waals surface area contributed by atoms with E-state index in [2.05, 4.69) is 106 Å². The number of nitrogens with one attached hydrogen (secondary N) is 6. The Hall–Kier alpha value is -6.60. The first-order chi connectivity index (χ1) is 61.5. The lowest BCUT2D eigenvalue weighted by atomic mass is 9.81. The zero-order chi connectivity index (χ0) is 90.8. The molecule has 3 aromatic carbocycles. The van der Waals surface area contributed by atoms with Crippen molar-refractivity contribution in [2.24, 2.45) is 39.7 Å². The predicted molar refractivity (Wildman–Crippen MR) is 577 cm³/mol. The molecule has 3 aromatic heterocycles. The zero-order valence-corrected chi connectivity index (χ0v) is 87.1. The second-order valence-corrected chi connectivity index (χ2v) is 41.8. The van der Waals surface area contributed by atoms with Crippen LogP contribution in [0.1, 0.15) is 413 Å². The van der Waals surface area contributed by atoms with E-state index in [1.165, 1.54) is 85.6 Å². The molecule has 4 radical (unpaired) electrons. The number of carboxylic acid groups (broad SMARTS) is 1. The van der Waals surface area contributed by atoms with Gasteiger partial charge in [0, 0.05) is 92.0 Å². The number of hydrogen-bond acceptors (Lipinski definition) is 15. The lowest BCUT2D eigenvalue weighted by molar-refractivity contribution is -0.139. The van der Waals surface area contributed by atoms with E-state index in [1.54, 1.807) is 26.5 Å². The van der Waals surface area contributed by atoms with E-state index in [0.29, 0.717) is 88.0 Å². The fourth-order valence-corrected chi connectivity index (χ4v) is 23.0. The number of ether oxygens (including phenoxy) is 2.